The van der Waals surface area contributed by atoms with E-state index < -0.39 is 5.82 Å². The summed E-state index contributed by atoms with van der Waals surface area (Å²) in [6.45, 7) is 2.54. The normalized spacial score (nSPS) is 11.1. The van der Waals surface area contributed by atoms with Crippen LogP contribution in [0.15, 0.2) is 29.1 Å². The molecule has 102 valence electrons. The maximum absolute atomic E-state index is 13.8. The fourth-order valence-corrected chi connectivity index (χ4v) is 3.37. The molecule has 20 heavy (non-hydrogen) atoms. The van der Waals surface area contributed by atoms with Gasteiger partial charge in [0.15, 0.2) is 9.60 Å². The van der Waals surface area contributed by atoms with Crippen LogP contribution in [0, 0.1) is 9.77 Å². The Bertz CT molecular complexity index is 910. The highest BCUT2D eigenvalue weighted by Crippen LogP contribution is 2.22. The first kappa shape index (κ1) is 13.1. The Morgan fingerprint density at radius 2 is 2.20 bits per heavy atom. The minimum absolute atomic E-state index is 0.218. The van der Waals surface area contributed by atoms with Gasteiger partial charge >= 0.3 is 0 Å². The summed E-state index contributed by atoms with van der Waals surface area (Å²) in [5.74, 6) is -0.206. The molecule has 0 atom stereocenters. The Hall–Kier alpha value is -1.86. The Labute approximate surface area is 122 Å². The van der Waals surface area contributed by atoms with Crippen LogP contribution in [-0.4, -0.2) is 14.5 Å². The van der Waals surface area contributed by atoms with Gasteiger partial charge in [0.2, 0.25) is 0 Å². The minimum Gasteiger partial charge on any atom is -0.308 e. The number of H-pyrrole nitrogens is 1. The maximum atomic E-state index is 13.8. The van der Waals surface area contributed by atoms with Crippen LogP contribution in [0.4, 0.5) is 4.39 Å². The molecule has 3 aromatic rings. The first-order chi connectivity index (χ1) is 9.61. The molecule has 0 saturated carbocycles. The number of benzene rings is 1. The molecule has 0 spiro atoms. The van der Waals surface area contributed by atoms with Crippen LogP contribution in [-0.2, 0) is 6.54 Å². The monoisotopic (exact) mass is 307 g/mol. The number of aromatic nitrogens is 3. The lowest BCUT2D eigenvalue weighted by molar-refractivity contribution is 0.630. The zero-order valence-corrected chi connectivity index (χ0v) is 12.1. The molecule has 1 aromatic carbocycles. The molecule has 0 unspecified atom stereocenters. The number of nitrogens with zero attached hydrogens (tertiary/aromatic N) is 2. The van der Waals surface area contributed by atoms with Gasteiger partial charge in [-0.2, -0.15) is 0 Å². The van der Waals surface area contributed by atoms with Gasteiger partial charge in [-0.15, -0.1) is 0 Å². The maximum Gasteiger partial charge on any atom is 0.270 e. The Balaban J connectivity index is 2.37. The van der Waals surface area contributed by atoms with Gasteiger partial charge in [-0.05, 0) is 31.3 Å². The highest BCUT2D eigenvalue weighted by molar-refractivity contribution is 7.73. The van der Waals surface area contributed by atoms with E-state index in [0.29, 0.717) is 20.8 Å². The Morgan fingerprint density at radius 1 is 1.45 bits per heavy atom. The van der Waals surface area contributed by atoms with Crippen molar-refractivity contribution in [2.45, 2.75) is 13.5 Å². The van der Waals surface area contributed by atoms with E-state index in [0.717, 1.165) is 0 Å². The third-order valence-corrected chi connectivity index (χ3v) is 4.41. The van der Waals surface area contributed by atoms with E-state index in [9.17, 15) is 9.18 Å². The largest absolute Gasteiger partial charge is 0.308 e. The average Bonchev–Trinajstić information content (AvgIpc) is 2.75. The molecule has 0 aliphatic rings. The second kappa shape index (κ2) is 4.92. The van der Waals surface area contributed by atoms with Crippen molar-refractivity contribution >= 4 is 33.9 Å². The number of hydrogen-bond donors (Lipinski definition) is 1. The fraction of sp³-hybridized carbons (Fsp3) is 0.154. The Kier molecular flexibility index (Phi) is 3.23. The van der Waals surface area contributed by atoms with Crippen molar-refractivity contribution < 1.29 is 4.39 Å². The third-order valence-electron chi connectivity index (χ3n) is 2.97. The molecule has 3 rings (SSSR count). The number of aromatic amines is 1. The first-order valence-corrected chi connectivity index (χ1v) is 7.23. The van der Waals surface area contributed by atoms with Gasteiger partial charge in [0.25, 0.3) is 5.56 Å². The lowest BCUT2D eigenvalue weighted by Crippen LogP contribution is -2.10. The molecule has 2 aromatic heterocycles. The predicted molar refractivity (Wildman–Crippen MR) is 80.1 cm³/mol. The smallest absolute Gasteiger partial charge is 0.270 e. The van der Waals surface area contributed by atoms with E-state index in [1.807, 2.05) is 6.92 Å². The summed E-state index contributed by atoms with van der Waals surface area (Å²) in [6.07, 6.45) is 0. The van der Waals surface area contributed by atoms with Crippen molar-refractivity contribution in [1.82, 2.24) is 14.5 Å². The van der Waals surface area contributed by atoms with Crippen LogP contribution in [0.2, 0.25) is 0 Å². The summed E-state index contributed by atoms with van der Waals surface area (Å²) >= 11 is 6.43. The molecule has 0 amide bonds. The number of halogens is 1. The van der Waals surface area contributed by atoms with Crippen molar-refractivity contribution in [2.24, 2.45) is 0 Å². The summed E-state index contributed by atoms with van der Waals surface area (Å²) in [7, 11) is 0. The van der Waals surface area contributed by atoms with Gasteiger partial charge in [-0.3, -0.25) is 4.79 Å². The summed E-state index contributed by atoms with van der Waals surface area (Å²) in [5.41, 5.74) is 0.479. The first-order valence-electron chi connectivity index (χ1n) is 6.00. The van der Waals surface area contributed by atoms with Gasteiger partial charge in [-0.25, -0.2) is 9.37 Å². The average molecular weight is 307 g/mol. The zero-order valence-electron chi connectivity index (χ0n) is 10.5. The van der Waals surface area contributed by atoms with E-state index >= 15 is 0 Å². The van der Waals surface area contributed by atoms with Gasteiger partial charge in [0.1, 0.15) is 16.3 Å². The molecule has 0 aliphatic heterocycles. The minimum atomic E-state index is -0.424. The van der Waals surface area contributed by atoms with E-state index in [1.165, 1.54) is 17.4 Å². The van der Waals surface area contributed by atoms with Crippen LogP contribution in [0.1, 0.15) is 6.92 Å². The van der Waals surface area contributed by atoms with Gasteiger partial charge in [-0.1, -0.05) is 23.5 Å². The number of aryl methyl sites for hydroxylation is 1. The van der Waals surface area contributed by atoms with Crippen molar-refractivity contribution in [2.75, 3.05) is 0 Å². The molecule has 7 heteroatoms. The predicted octanol–water partition coefficient (Wildman–Crippen LogP) is 3.34. The molecule has 0 fully saturated rings. The van der Waals surface area contributed by atoms with Crippen LogP contribution >= 0.6 is 23.6 Å². The van der Waals surface area contributed by atoms with E-state index in [-0.39, 0.29) is 16.9 Å². The standard InChI is InChI=1S/C13H10FN3OS2/c1-2-17-11-9(20-13(17)19)12(18)16-10(15-11)7-5-3-4-6-8(7)14/h3-6H,2H2,1H3,(H,15,16,18). The summed E-state index contributed by atoms with van der Waals surface area (Å²) < 4.78 is 16.6. The lowest BCUT2D eigenvalue weighted by Gasteiger charge is -2.04. The number of thiazole rings is 1. The van der Waals surface area contributed by atoms with Crippen LogP contribution in [0.25, 0.3) is 21.7 Å². The van der Waals surface area contributed by atoms with Crippen molar-refractivity contribution in [3.05, 3.63) is 44.4 Å². The van der Waals surface area contributed by atoms with Crippen molar-refractivity contribution in [1.29, 1.82) is 0 Å². The number of rotatable bonds is 2. The second-order valence-electron chi connectivity index (χ2n) is 4.16. The lowest BCUT2D eigenvalue weighted by atomic mass is 10.2. The second-order valence-corrected chi connectivity index (χ2v) is 5.80. The molecule has 0 radical (unpaired) electrons. The van der Waals surface area contributed by atoms with Crippen LogP contribution < -0.4 is 5.56 Å². The van der Waals surface area contributed by atoms with Crippen molar-refractivity contribution in [3.63, 3.8) is 0 Å². The van der Waals surface area contributed by atoms with Crippen molar-refractivity contribution in [3.8, 4) is 11.4 Å². The molecule has 0 aliphatic carbocycles. The molecular formula is C13H10FN3OS2. The van der Waals surface area contributed by atoms with Crippen LogP contribution in [0.5, 0.6) is 0 Å². The number of fused-ring (bicyclic) bond motifs is 1. The summed E-state index contributed by atoms with van der Waals surface area (Å²) in [5, 5.41) is 0. The van der Waals surface area contributed by atoms with Crippen LogP contribution in [0.3, 0.4) is 0 Å². The molecule has 2 heterocycles. The Morgan fingerprint density at radius 3 is 2.90 bits per heavy atom. The van der Waals surface area contributed by atoms with E-state index in [2.05, 4.69) is 9.97 Å². The van der Waals surface area contributed by atoms with Gasteiger partial charge < -0.3 is 9.55 Å². The summed E-state index contributed by atoms with van der Waals surface area (Å²) in [4.78, 5) is 19.1. The van der Waals surface area contributed by atoms with Gasteiger partial charge in [0, 0.05) is 6.54 Å². The zero-order chi connectivity index (χ0) is 14.3. The third kappa shape index (κ3) is 1.99. The molecular weight excluding hydrogens is 297 g/mol. The van der Waals surface area contributed by atoms with E-state index in [1.54, 1.807) is 22.8 Å². The number of nitrogens with one attached hydrogen (secondary N) is 1. The number of hydrogen-bond acceptors (Lipinski definition) is 4. The highest BCUT2D eigenvalue weighted by atomic mass is 32.1. The highest BCUT2D eigenvalue weighted by Gasteiger charge is 2.13. The topological polar surface area (TPSA) is 50.7 Å². The molecule has 0 saturated heterocycles. The fourth-order valence-electron chi connectivity index (χ4n) is 2.01. The molecule has 0 bridgehead atoms. The van der Waals surface area contributed by atoms with E-state index in [4.69, 9.17) is 12.2 Å². The molecule has 4 nitrogen and oxygen atoms in total. The van der Waals surface area contributed by atoms with Gasteiger partial charge in [0.05, 0.1) is 5.56 Å². The summed E-state index contributed by atoms with van der Waals surface area (Å²) in [6, 6.07) is 6.20. The SMILES string of the molecule is CCn1c(=S)sc2c(=O)[nH]c(-c3ccccc3F)nc21. The quantitative estimate of drug-likeness (QED) is 0.739. The molecule has 1 N–H and O–H groups in total.